The van der Waals surface area contributed by atoms with Crippen LogP contribution in [0.1, 0.15) is 44.9 Å². The van der Waals surface area contributed by atoms with Gasteiger partial charge in [-0.15, -0.1) is 0 Å². The maximum absolute atomic E-state index is 13.9. The molecule has 58 heavy (non-hydrogen) atoms. The lowest BCUT2D eigenvalue weighted by Crippen LogP contribution is -2.59. The summed E-state index contributed by atoms with van der Waals surface area (Å²) in [5.41, 5.74) is 7.71. The lowest BCUT2D eigenvalue weighted by molar-refractivity contribution is -0.142. The molecule has 1 aliphatic heterocycles. The Labute approximate surface area is 337 Å². The van der Waals surface area contributed by atoms with Crippen molar-refractivity contribution in [2.45, 2.75) is 60.6 Å². The number of nitrogens with zero attached hydrogens (tertiary/aromatic N) is 4. The highest BCUT2D eigenvalue weighted by Gasteiger charge is 2.53. The summed E-state index contributed by atoms with van der Waals surface area (Å²) in [6.45, 7) is -0.473. The van der Waals surface area contributed by atoms with E-state index in [0.717, 1.165) is 0 Å². The third-order valence-electron chi connectivity index (χ3n) is 9.89. The number of benzene rings is 2. The molecule has 320 valence electrons. The molecule has 0 aliphatic carbocycles. The van der Waals surface area contributed by atoms with Crippen LogP contribution in [-0.4, -0.2) is 167 Å². The predicted octanol–water partition coefficient (Wildman–Crippen LogP) is 0.756. The van der Waals surface area contributed by atoms with Crippen molar-refractivity contribution >= 4 is 45.3 Å². The fourth-order valence-corrected chi connectivity index (χ4v) is 8.59. The van der Waals surface area contributed by atoms with Crippen molar-refractivity contribution in [3.8, 4) is 11.5 Å². The fraction of sp³-hybridized carbons (Fsp3) is 0.526. The smallest absolute Gasteiger partial charge is 0.317 e. The average Bonchev–Trinajstić information content (AvgIpc) is 3.18. The van der Waals surface area contributed by atoms with Crippen LogP contribution in [0.4, 0.5) is 0 Å². The summed E-state index contributed by atoms with van der Waals surface area (Å²) in [6.07, 6.45) is 1.44. The van der Waals surface area contributed by atoms with Crippen molar-refractivity contribution in [1.82, 2.24) is 25.1 Å². The monoisotopic (exact) mass is 834 g/mol. The fourth-order valence-electron chi connectivity index (χ4n) is 6.63. The first-order chi connectivity index (χ1) is 27.5. The Kier molecular flexibility index (Phi) is 18.6. The van der Waals surface area contributed by atoms with E-state index in [-0.39, 0.29) is 75.6 Å². The lowest BCUT2D eigenvalue weighted by Gasteiger charge is -2.40. The van der Waals surface area contributed by atoms with E-state index in [0.29, 0.717) is 43.9 Å². The number of amides is 2. The van der Waals surface area contributed by atoms with E-state index in [9.17, 15) is 47.5 Å². The Hall–Kier alpha value is -4.99. The van der Waals surface area contributed by atoms with Crippen LogP contribution in [0.25, 0.3) is 0 Å². The summed E-state index contributed by atoms with van der Waals surface area (Å²) in [5, 5.41) is 36.9. The number of hydroxylamine groups is 1. The molecule has 2 aromatic carbocycles. The number of ether oxygens (including phenoxy) is 1. The van der Waals surface area contributed by atoms with Gasteiger partial charge in [0.25, 0.3) is 5.91 Å². The Morgan fingerprint density at radius 3 is 1.81 bits per heavy atom. The number of nitrogens with one attached hydrogen (secondary N) is 1. The Balaban J connectivity index is 1.44. The van der Waals surface area contributed by atoms with Crippen LogP contribution >= 0.6 is 0 Å². The summed E-state index contributed by atoms with van der Waals surface area (Å²) in [4.78, 5) is 78.2. The largest absolute Gasteiger partial charge is 0.480 e. The molecule has 20 heteroatoms. The molecule has 0 bridgehead atoms. The number of hydrogen-bond acceptors (Lipinski definition) is 14. The normalized spacial score (nSPS) is 14.6. The van der Waals surface area contributed by atoms with Gasteiger partial charge in [-0.3, -0.25) is 43.8 Å². The minimum absolute atomic E-state index is 0.0978. The third kappa shape index (κ3) is 14.4. The highest BCUT2D eigenvalue weighted by atomic mass is 32.2. The number of carboxylic acids is 3. The summed E-state index contributed by atoms with van der Waals surface area (Å²) in [5.74, 6) is -4.18. The molecule has 1 heterocycles. The zero-order valence-corrected chi connectivity index (χ0v) is 33.3. The number of hydrogen-bond donors (Lipinski definition) is 6. The number of aliphatic carboxylic acids is 3. The SMILES string of the molecule is CN(CCN(CC(=O)O)CC(=O)O)CCN(CC(=O)O)CC(=O)CCCCC[C@H](N)C(=O)N1CCC(C(=O)NO)(S(=O)(=O)c2ccc(Oc3ccccc3)cc2)CC1. The second-order valence-corrected chi connectivity index (χ2v) is 16.6. The van der Waals surface area contributed by atoms with Crippen LogP contribution in [0.3, 0.4) is 0 Å². The number of unbranched alkanes of at least 4 members (excludes halogenated alkanes) is 2. The number of ketones is 1. The quantitative estimate of drug-likeness (QED) is 0.0433. The number of Topliss-reactive ketones (excluding diaryl/α,β-unsaturated/α-hetero) is 1. The van der Waals surface area contributed by atoms with Crippen molar-refractivity contribution in [2.24, 2.45) is 5.73 Å². The molecule has 3 rings (SSSR count). The molecular weight excluding hydrogens is 781 g/mol. The van der Waals surface area contributed by atoms with Gasteiger partial charge in [-0.1, -0.05) is 31.0 Å². The molecule has 0 aromatic heterocycles. The van der Waals surface area contributed by atoms with Gasteiger partial charge < -0.3 is 35.6 Å². The standard InChI is InChI=1S/C38H54N6O13S/c1-41(21-23-43(26-34(48)49)27-35(50)51)20-22-42(25-33(46)47)24-28(45)8-4-2-7-11-32(39)36(52)44-18-16-38(17-19-44,37(53)40-54)58(55,56)31-14-12-30(13-15-31)57-29-9-5-3-6-10-29/h3,5-6,9-10,12-15,32,54H,2,4,7-8,11,16-27,39H2,1H3,(H,40,53)(H,46,47)(H,48,49)(H,50,51)/t32-/m0/s1. The van der Waals surface area contributed by atoms with Crippen molar-refractivity contribution in [1.29, 1.82) is 0 Å². The number of nitrogens with two attached hydrogens (primary N) is 1. The second-order valence-electron chi connectivity index (χ2n) is 14.3. The van der Waals surface area contributed by atoms with Crippen LogP contribution in [0.15, 0.2) is 59.5 Å². The van der Waals surface area contributed by atoms with Gasteiger partial charge in [0.05, 0.1) is 37.1 Å². The van der Waals surface area contributed by atoms with Crippen LogP contribution in [0.2, 0.25) is 0 Å². The van der Waals surface area contributed by atoms with Crippen molar-refractivity contribution in [2.75, 3.05) is 72.5 Å². The Morgan fingerprint density at radius 2 is 1.29 bits per heavy atom. The average molecular weight is 835 g/mol. The maximum Gasteiger partial charge on any atom is 0.317 e. The van der Waals surface area contributed by atoms with Gasteiger partial charge in [0.15, 0.2) is 14.6 Å². The number of carbonyl (C=O) groups is 6. The highest BCUT2D eigenvalue weighted by Crippen LogP contribution is 2.37. The summed E-state index contributed by atoms with van der Waals surface area (Å²) < 4.78 is 31.4. The molecule has 19 nitrogen and oxygen atoms in total. The maximum atomic E-state index is 13.9. The van der Waals surface area contributed by atoms with Gasteiger partial charge in [0, 0.05) is 45.7 Å². The number of carboxylic acid groups (broad SMARTS) is 3. The summed E-state index contributed by atoms with van der Waals surface area (Å²) in [7, 11) is -2.63. The summed E-state index contributed by atoms with van der Waals surface area (Å²) >= 11 is 0. The highest BCUT2D eigenvalue weighted by molar-refractivity contribution is 7.93. The number of likely N-dealkylation sites (tertiary alicyclic amines) is 1. The van der Waals surface area contributed by atoms with Crippen LogP contribution in [-0.2, 0) is 38.6 Å². The molecule has 1 aliphatic rings. The topological polar surface area (TPSA) is 278 Å². The van der Waals surface area contributed by atoms with E-state index in [1.807, 2.05) is 6.07 Å². The molecule has 0 spiro atoms. The molecule has 1 fully saturated rings. The minimum atomic E-state index is -4.35. The number of rotatable bonds is 26. The molecule has 2 aromatic rings. The van der Waals surface area contributed by atoms with E-state index < -0.39 is 63.4 Å². The van der Waals surface area contributed by atoms with E-state index in [4.69, 9.17) is 20.7 Å². The molecule has 0 unspecified atom stereocenters. The first kappa shape index (κ1) is 47.4. The molecule has 0 saturated carbocycles. The van der Waals surface area contributed by atoms with Crippen LogP contribution < -0.4 is 16.0 Å². The van der Waals surface area contributed by atoms with Gasteiger partial charge in [-0.25, -0.2) is 13.9 Å². The van der Waals surface area contributed by atoms with Gasteiger partial charge >= 0.3 is 17.9 Å². The van der Waals surface area contributed by atoms with Gasteiger partial charge in [-0.05, 0) is 69.1 Å². The zero-order chi connectivity index (χ0) is 42.9. The van der Waals surface area contributed by atoms with E-state index >= 15 is 0 Å². The number of likely N-dealkylation sites (N-methyl/N-ethyl adjacent to an activating group) is 1. The van der Waals surface area contributed by atoms with Gasteiger partial charge in [0.2, 0.25) is 5.91 Å². The first-order valence-electron chi connectivity index (χ1n) is 18.8. The van der Waals surface area contributed by atoms with Crippen LogP contribution in [0.5, 0.6) is 11.5 Å². The van der Waals surface area contributed by atoms with E-state index in [1.54, 1.807) is 36.2 Å². The number of piperidine rings is 1. The van der Waals surface area contributed by atoms with E-state index in [1.165, 1.54) is 44.4 Å². The van der Waals surface area contributed by atoms with Gasteiger partial charge in [0.1, 0.15) is 17.3 Å². The molecule has 0 radical (unpaired) electrons. The second kappa shape index (κ2) is 22.8. The molecule has 1 saturated heterocycles. The Bertz CT molecular complexity index is 1790. The minimum Gasteiger partial charge on any atom is -0.480 e. The first-order valence-corrected chi connectivity index (χ1v) is 20.3. The van der Waals surface area contributed by atoms with Crippen molar-refractivity contribution in [3.63, 3.8) is 0 Å². The van der Waals surface area contributed by atoms with Crippen molar-refractivity contribution < 1.29 is 62.4 Å². The Morgan fingerprint density at radius 1 is 0.776 bits per heavy atom. The number of para-hydroxylation sites is 1. The molecular formula is C38H54N6O13S. The zero-order valence-electron chi connectivity index (χ0n) is 32.5. The number of sulfone groups is 1. The lowest BCUT2D eigenvalue weighted by atomic mass is 9.94. The van der Waals surface area contributed by atoms with Crippen LogP contribution in [0, 0.1) is 0 Å². The number of carbonyl (C=O) groups excluding carboxylic acids is 3. The van der Waals surface area contributed by atoms with E-state index in [2.05, 4.69) is 0 Å². The third-order valence-corrected chi connectivity index (χ3v) is 12.4. The van der Waals surface area contributed by atoms with Gasteiger partial charge in [-0.2, -0.15) is 0 Å². The summed E-state index contributed by atoms with van der Waals surface area (Å²) in [6, 6.07) is 13.5. The molecule has 2 amide bonds. The predicted molar refractivity (Wildman–Crippen MR) is 208 cm³/mol. The molecule has 7 N–H and O–H groups in total. The molecule has 1 atom stereocenters. The van der Waals surface area contributed by atoms with Crippen molar-refractivity contribution in [3.05, 3.63) is 54.6 Å².